The first-order valence-electron chi connectivity index (χ1n) is 3.25. The van der Waals surface area contributed by atoms with Crippen LogP contribution < -0.4 is 4.18 Å². The predicted molar refractivity (Wildman–Crippen MR) is 68.0 cm³/mol. The lowest BCUT2D eigenvalue weighted by atomic mass is 10.2. The highest BCUT2D eigenvalue weighted by Gasteiger charge is 2.07. The molecule has 1 atom stereocenters. The molecule has 0 saturated carbocycles. The van der Waals surface area contributed by atoms with Crippen LogP contribution in [0.25, 0.3) is 0 Å². The van der Waals surface area contributed by atoms with Crippen LogP contribution >= 0.6 is 45.2 Å². The summed E-state index contributed by atoms with van der Waals surface area (Å²) in [6.45, 7) is 1.98. The van der Waals surface area contributed by atoms with Crippen molar-refractivity contribution in [1.29, 1.82) is 0 Å². The topological polar surface area (TPSA) is 46.5 Å². The Morgan fingerprint density at radius 2 is 2.00 bits per heavy atom. The highest BCUT2D eigenvalue weighted by molar-refractivity contribution is 14.1. The zero-order valence-electron chi connectivity index (χ0n) is 6.58. The Bertz CT molecular complexity index is 354. The second-order valence-corrected chi connectivity index (χ2v) is 5.26. The number of halogens is 2. The predicted octanol–water partition coefficient (Wildman–Crippen LogP) is 2.72. The molecule has 0 bridgehead atoms. The maximum atomic E-state index is 10.4. The van der Waals surface area contributed by atoms with Gasteiger partial charge in [-0.1, -0.05) is 0 Å². The lowest BCUT2D eigenvalue weighted by molar-refractivity contribution is 0.456. The van der Waals surface area contributed by atoms with Gasteiger partial charge in [0.15, 0.2) is 5.75 Å². The third kappa shape index (κ3) is 3.33. The Labute approximate surface area is 106 Å². The molecule has 0 aliphatic heterocycles. The fourth-order valence-corrected chi connectivity index (χ4v) is 2.38. The van der Waals surface area contributed by atoms with Gasteiger partial charge in [0, 0.05) is 3.57 Å². The Morgan fingerprint density at radius 1 is 1.38 bits per heavy atom. The highest BCUT2D eigenvalue weighted by atomic mass is 127. The van der Waals surface area contributed by atoms with Crippen LogP contribution in [0.4, 0.5) is 0 Å². The Kier molecular flexibility index (Phi) is 4.39. The van der Waals surface area contributed by atoms with Gasteiger partial charge < -0.3 is 4.18 Å². The van der Waals surface area contributed by atoms with Crippen molar-refractivity contribution >= 4 is 56.5 Å². The summed E-state index contributed by atoms with van der Waals surface area (Å²) < 4.78 is 25.5. The summed E-state index contributed by atoms with van der Waals surface area (Å²) in [5, 5.41) is 0. The molecule has 1 aromatic rings. The molecule has 6 heteroatoms. The van der Waals surface area contributed by atoms with E-state index in [0.29, 0.717) is 5.75 Å². The summed E-state index contributed by atoms with van der Waals surface area (Å²) in [4.78, 5) is 0. The molecule has 0 aromatic heterocycles. The van der Waals surface area contributed by atoms with E-state index in [9.17, 15) is 4.21 Å². The van der Waals surface area contributed by atoms with Crippen molar-refractivity contribution in [3.63, 3.8) is 0 Å². The van der Waals surface area contributed by atoms with E-state index in [-0.39, 0.29) is 0 Å². The van der Waals surface area contributed by atoms with Crippen LogP contribution in [-0.2, 0) is 11.4 Å². The number of benzene rings is 1. The van der Waals surface area contributed by atoms with E-state index in [1.807, 2.05) is 13.0 Å². The molecule has 0 spiro atoms. The van der Waals surface area contributed by atoms with Crippen LogP contribution in [0.2, 0.25) is 0 Å². The molecule has 0 aliphatic rings. The second-order valence-electron chi connectivity index (χ2n) is 2.33. The molecule has 0 amide bonds. The zero-order valence-corrected chi connectivity index (χ0v) is 11.7. The molecule has 0 fully saturated rings. The van der Waals surface area contributed by atoms with Gasteiger partial charge in [0.25, 0.3) is 0 Å². The molecule has 1 aromatic carbocycles. The molecular formula is C7H6I2O3S. The maximum Gasteiger partial charge on any atom is 0.357 e. The molecule has 13 heavy (non-hydrogen) atoms. The minimum absolute atomic E-state index is 0.441. The van der Waals surface area contributed by atoms with Crippen molar-refractivity contribution in [3.05, 3.63) is 24.8 Å². The van der Waals surface area contributed by atoms with Crippen molar-refractivity contribution in [3.8, 4) is 5.75 Å². The van der Waals surface area contributed by atoms with Crippen molar-refractivity contribution < 1.29 is 12.9 Å². The van der Waals surface area contributed by atoms with Gasteiger partial charge in [-0.3, -0.25) is 4.55 Å². The Morgan fingerprint density at radius 3 is 2.54 bits per heavy atom. The lowest BCUT2D eigenvalue weighted by Crippen LogP contribution is -2.00. The van der Waals surface area contributed by atoms with E-state index in [0.717, 1.165) is 12.7 Å². The standard InChI is InChI=1S/C7H6I2O3S/c1-4-2-6(9)7(3-5(4)8)12-13(10)11/h2-3H,1H3,(H,10,11). The molecule has 0 heterocycles. The van der Waals surface area contributed by atoms with Gasteiger partial charge in [0.05, 0.1) is 3.57 Å². The van der Waals surface area contributed by atoms with Crippen molar-refractivity contribution in [1.82, 2.24) is 0 Å². The first-order chi connectivity index (χ1) is 6.00. The molecule has 0 radical (unpaired) electrons. The zero-order chi connectivity index (χ0) is 10.0. The van der Waals surface area contributed by atoms with Gasteiger partial charge >= 0.3 is 11.4 Å². The van der Waals surface area contributed by atoms with Gasteiger partial charge in [-0.15, -0.1) is 0 Å². The summed E-state index contributed by atoms with van der Waals surface area (Å²) in [7, 11) is 0. The lowest BCUT2D eigenvalue weighted by Gasteiger charge is -2.05. The van der Waals surface area contributed by atoms with Crippen molar-refractivity contribution in [2.75, 3.05) is 0 Å². The SMILES string of the molecule is Cc1cc(I)c(OS(=O)O)cc1I. The van der Waals surface area contributed by atoms with Gasteiger partial charge in [-0.05, 0) is 69.8 Å². The van der Waals surface area contributed by atoms with Crippen LogP contribution in [0.5, 0.6) is 5.75 Å². The second kappa shape index (κ2) is 4.89. The third-order valence-corrected chi connectivity index (χ3v) is 3.70. The van der Waals surface area contributed by atoms with Crippen LogP contribution in [0.3, 0.4) is 0 Å². The number of hydrogen-bond acceptors (Lipinski definition) is 2. The maximum absolute atomic E-state index is 10.4. The molecule has 1 rings (SSSR count). The molecule has 3 nitrogen and oxygen atoms in total. The molecule has 0 saturated heterocycles. The first kappa shape index (κ1) is 11.7. The molecule has 0 aliphatic carbocycles. The van der Waals surface area contributed by atoms with Crippen LogP contribution in [0.15, 0.2) is 12.1 Å². The van der Waals surface area contributed by atoms with Crippen molar-refractivity contribution in [2.45, 2.75) is 6.92 Å². The van der Waals surface area contributed by atoms with E-state index in [1.165, 1.54) is 0 Å². The van der Waals surface area contributed by atoms with E-state index in [4.69, 9.17) is 8.74 Å². The number of rotatable bonds is 2. The first-order valence-corrected chi connectivity index (χ1v) is 6.44. The fourth-order valence-electron chi connectivity index (χ4n) is 0.769. The third-order valence-electron chi connectivity index (χ3n) is 1.37. The van der Waals surface area contributed by atoms with E-state index >= 15 is 0 Å². The molecular weight excluding hydrogens is 418 g/mol. The van der Waals surface area contributed by atoms with Gasteiger partial charge in [-0.2, -0.15) is 4.21 Å². The Hall–Kier alpha value is 0.590. The van der Waals surface area contributed by atoms with Gasteiger partial charge in [0.2, 0.25) is 0 Å². The normalized spacial score (nSPS) is 12.6. The average Bonchev–Trinajstić information content (AvgIpc) is 1.99. The summed E-state index contributed by atoms with van der Waals surface area (Å²) >= 11 is 1.96. The average molecular weight is 424 g/mol. The monoisotopic (exact) mass is 424 g/mol. The van der Waals surface area contributed by atoms with Crippen LogP contribution in [-0.4, -0.2) is 8.76 Å². The van der Waals surface area contributed by atoms with Crippen molar-refractivity contribution in [2.24, 2.45) is 0 Å². The van der Waals surface area contributed by atoms with E-state index in [2.05, 4.69) is 45.2 Å². The molecule has 1 N–H and O–H groups in total. The summed E-state index contributed by atoms with van der Waals surface area (Å²) in [5.74, 6) is 0.441. The Balaban J connectivity index is 3.08. The smallest absolute Gasteiger partial charge is 0.357 e. The van der Waals surface area contributed by atoms with Gasteiger partial charge in [-0.25, -0.2) is 0 Å². The summed E-state index contributed by atoms with van der Waals surface area (Å²) in [6, 6.07) is 3.65. The quantitative estimate of drug-likeness (QED) is 0.587. The fraction of sp³-hybridized carbons (Fsp3) is 0.143. The largest absolute Gasteiger partial charge is 0.379 e. The summed E-state index contributed by atoms with van der Waals surface area (Å²) in [6.07, 6.45) is 0. The number of hydrogen-bond donors (Lipinski definition) is 1. The highest BCUT2D eigenvalue weighted by Crippen LogP contribution is 2.26. The summed E-state index contributed by atoms with van der Waals surface area (Å²) in [5.41, 5.74) is 1.13. The van der Waals surface area contributed by atoms with Crippen LogP contribution in [0, 0.1) is 14.1 Å². The minimum atomic E-state index is -2.25. The molecule has 1 unspecified atom stereocenters. The number of aryl methyl sites for hydroxylation is 1. The van der Waals surface area contributed by atoms with E-state index < -0.39 is 11.4 Å². The molecule has 72 valence electrons. The minimum Gasteiger partial charge on any atom is -0.379 e. The van der Waals surface area contributed by atoms with Crippen LogP contribution in [0.1, 0.15) is 5.56 Å². The van der Waals surface area contributed by atoms with Gasteiger partial charge in [0.1, 0.15) is 0 Å². The van der Waals surface area contributed by atoms with E-state index in [1.54, 1.807) is 6.07 Å².